The Kier molecular flexibility index (Phi) is 4.65. The Morgan fingerprint density at radius 3 is 2.56 bits per heavy atom. The third-order valence-corrected chi connectivity index (χ3v) is 3.68. The number of amides is 1. The number of rotatable bonds is 5. The van der Waals surface area contributed by atoms with E-state index in [1.54, 1.807) is 47.4 Å². The molecule has 0 saturated carbocycles. The van der Waals surface area contributed by atoms with Gasteiger partial charge in [-0.15, -0.1) is 0 Å². The zero-order valence-electron chi connectivity index (χ0n) is 13.3. The predicted molar refractivity (Wildman–Crippen MR) is 90.7 cm³/mol. The second-order valence-electron chi connectivity index (χ2n) is 5.61. The molecule has 0 atom stereocenters. The average molecular weight is 340 g/mol. The monoisotopic (exact) mass is 340 g/mol. The molecular formula is C18H16N2O5. The Morgan fingerprint density at radius 2 is 1.84 bits per heavy atom. The molecule has 128 valence electrons. The average Bonchev–Trinajstić information content (AvgIpc) is 2.56. The molecule has 2 aromatic carbocycles. The fraction of sp³-hybridized carbons (Fsp3) is 0.167. The molecule has 2 N–H and O–H groups in total. The van der Waals surface area contributed by atoms with Crippen LogP contribution in [0, 0.1) is 0 Å². The number of fused-ring (bicyclic) bond motifs is 1. The molecule has 0 unspecified atom stereocenters. The molecule has 1 amide bonds. The summed E-state index contributed by atoms with van der Waals surface area (Å²) in [6, 6.07) is 13.6. The van der Waals surface area contributed by atoms with Crippen LogP contribution in [0.2, 0.25) is 0 Å². The molecule has 0 saturated heterocycles. The standard InChI is InChI=1S/C18H16N2O5/c21-16(19-13-7-5-12(6-8-13)9-17(22)23)10-20-11-18(24)25-15-4-2-1-3-14(15)20/h1-8H,9-11H2,(H,19,21)(H,22,23). The van der Waals surface area contributed by atoms with Crippen LogP contribution in [0.3, 0.4) is 0 Å². The van der Waals surface area contributed by atoms with Gasteiger partial charge in [-0.25, -0.2) is 4.79 Å². The Morgan fingerprint density at radius 1 is 1.12 bits per heavy atom. The Balaban J connectivity index is 1.65. The lowest BCUT2D eigenvalue weighted by molar-refractivity contribution is -0.136. The molecule has 25 heavy (non-hydrogen) atoms. The molecule has 7 heteroatoms. The summed E-state index contributed by atoms with van der Waals surface area (Å²) in [7, 11) is 0. The number of para-hydroxylation sites is 2. The molecule has 7 nitrogen and oxygen atoms in total. The molecule has 0 fully saturated rings. The van der Waals surface area contributed by atoms with Crippen LogP contribution in [0.4, 0.5) is 11.4 Å². The number of nitrogens with one attached hydrogen (secondary N) is 1. The van der Waals surface area contributed by atoms with Crippen LogP contribution in [-0.4, -0.2) is 36.0 Å². The SMILES string of the molecule is O=C(O)Cc1ccc(NC(=O)CN2CC(=O)Oc3ccccc32)cc1. The summed E-state index contributed by atoms with van der Waals surface area (Å²) < 4.78 is 5.15. The smallest absolute Gasteiger partial charge is 0.331 e. The van der Waals surface area contributed by atoms with E-state index in [1.807, 2.05) is 6.07 Å². The number of ether oxygens (including phenoxy) is 1. The fourth-order valence-electron chi connectivity index (χ4n) is 2.60. The van der Waals surface area contributed by atoms with E-state index in [4.69, 9.17) is 9.84 Å². The van der Waals surface area contributed by atoms with Crippen molar-refractivity contribution in [2.75, 3.05) is 23.3 Å². The van der Waals surface area contributed by atoms with Crippen LogP contribution < -0.4 is 15.0 Å². The minimum absolute atomic E-state index is 0.00197. The quantitative estimate of drug-likeness (QED) is 0.635. The molecule has 3 rings (SSSR count). The Hall–Kier alpha value is -3.35. The van der Waals surface area contributed by atoms with Crippen LogP contribution in [0.5, 0.6) is 5.75 Å². The molecule has 0 aromatic heterocycles. The van der Waals surface area contributed by atoms with E-state index in [9.17, 15) is 14.4 Å². The van der Waals surface area contributed by atoms with Gasteiger partial charge in [0.15, 0.2) is 5.75 Å². The lowest BCUT2D eigenvalue weighted by atomic mass is 10.1. The summed E-state index contributed by atoms with van der Waals surface area (Å²) >= 11 is 0. The van der Waals surface area contributed by atoms with E-state index >= 15 is 0 Å². The van der Waals surface area contributed by atoms with Crippen LogP contribution in [-0.2, 0) is 20.8 Å². The second-order valence-corrected chi connectivity index (χ2v) is 5.61. The van der Waals surface area contributed by atoms with Crippen LogP contribution in [0.25, 0.3) is 0 Å². The zero-order chi connectivity index (χ0) is 17.8. The summed E-state index contributed by atoms with van der Waals surface area (Å²) in [6.45, 7) is 0.00493. The third-order valence-electron chi connectivity index (χ3n) is 3.68. The van der Waals surface area contributed by atoms with Crippen molar-refractivity contribution in [2.45, 2.75) is 6.42 Å². The van der Waals surface area contributed by atoms with E-state index in [2.05, 4.69) is 5.32 Å². The van der Waals surface area contributed by atoms with E-state index in [1.165, 1.54) is 0 Å². The normalized spacial score (nSPS) is 13.0. The molecule has 0 aliphatic carbocycles. The van der Waals surface area contributed by atoms with Gasteiger partial charge in [-0.2, -0.15) is 0 Å². The van der Waals surface area contributed by atoms with Crippen LogP contribution in [0.15, 0.2) is 48.5 Å². The molecule has 0 radical (unpaired) electrons. The topological polar surface area (TPSA) is 95.9 Å². The van der Waals surface area contributed by atoms with Gasteiger partial charge in [0.2, 0.25) is 5.91 Å². The molecular weight excluding hydrogens is 324 g/mol. The van der Waals surface area contributed by atoms with Crippen molar-refractivity contribution in [3.63, 3.8) is 0 Å². The summed E-state index contributed by atoms with van der Waals surface area (Å²) in [6.07, 6.45) is -0.0686. The summed E-state index contributed by atoms with van der Waals surface area (Å²) in [5, 5.41) is 11.5. The number of carbonyl (C=O) groups is 3. The lowest BCUT2D eigenvalue weighted by Crippen LogP contribution is -2.41. The van der Waals surface area contributed by atoms with Crippen molar-refractivity contribution < 1.29 is 24.2 Å². The number of carbonyl (C=O) groups excluding carboxylic acids is 2. The Bertz CT molecular complexity index is 816. The van der Waals surface area contributed by atoms with Gasteiger partial charge in [0.1, 0.15) is 6.54 Å². The van der Waals surface area contributed by atoms with Gasteiger partial charge in [-0.1, -0.05) is 24.3 Å². The van der Waals surface area contributed by atoms with Crippen molar-refractivity contribution in [1.82, 2.24) is 0 Å². The predicted octanol–water partition coefficient (Wildman–Crippen LogP) is 1.68. The molecule has 1 aliphatic heterocycles. The summed E-state index contributed by atoms with van der Waals surface area (Å²) in [5.74, 6) is -1.17. The highest BCUT2D eigenvalue weighted by Gasteiger charge is 2.25. The number of aliphatic carboxylic acids is 1. The van der Waals surface area contributed by atoms with Crippen molar-refractivity contribution >= 4 is 29.2 Å². The zero-order valence-corrected chi connectivity index (χ0v) is 13.3. The first kappa shape index (κ1) is 16.5. The maximum absolute atomic E-state index is 12.3. The number of hydrogen-bond donors (Lipinski definition) is 2. The van der Waals surface area contributed by atoms with Gasteiger partial charge >= 0.3 is 11.9 Å². The fourth-order valence-corrected chi connectivity index (χ4v) is 2.60. The van der Waals surface area contributed by atoms with E-state index < -0.39 is 11.9 Å². The van der Waals surface area contributed by atoms with Gasteiger partial charge in [0, 0.05) is 5.69 Å². The van der Waals surface area contributed by atoms with Crippen LogP contribution in [0.1, 0.15) is 5.56 Å². The van der Waals surface area contributed by atoms with Gasteiger partial charge in [0.05, 0.1) is 18.7 Å². The molecule has 0 bridgehead atoms. The van der Waals surface area contributed by atoms with Crippen molar-refractivity contribution in [1.29, 1.82) is 0 Å². The minimum atomic E-state index is -0.910. The number of nitrogens with zero attached hydrogens (tertiary/aromatic N) is 1. The highest BCUT2D eigenvalue weighted by molar-refractivity contribution is 5.96. The highest BCUT2D eigenvalue weighted by atomic mass is 16.5. The first-order valence-corrected chi connectivity index (χ1v) is 7.66. The maximum Gasteiger partial charge on any atom is 0.331 e. The van der Waals surface area contributed by atoms with Crippen molar-refractivity contribution in [3.8, 4) is 5.75 Å². The maximum atomic E-state index is 12.3. The summed E-state index contributed by atoms with van der Waals surface area (Å²) in [5.41, 5.74) is 1.90. The van der Waals surface area contributed by atoms with Gasteiger partial charge < -0.3 is 20.1 Å². The number of carboxylic acid groups (broad SMARTS) is 1. The Labute approximate surface area is 143 Å². The molecule has 0 spiro atoms. The van der Waals surface area contributed by atoms with Crippen molar-refractivity contribution in [2.24, 2.45) is 0 Å². The number of benzene rings is 2. The number of anilines is 2. The van der Waals surface area contributed by atoms with E-state index in [-0.39, 0.29) is 25.4 Å². The molecule has 1 aliphatic rings. The second kappa shape index (κ2) is 7.04. The third kappa shape index (κ3) is 4.14. The van der Waals surface area contributed by atoms with E-state index in [0.717, 1.165) is 0 Å². The van der Waals surface area contributed by atoms with E-state index in [0.29, 0.717) is 22.7 Å². The molecule has 1 heterocycles. The van der Waals surface area contributed by atoms with Gasteiger partial charge in [-0.3, -0.25) is 9.59 Å². The molecule has 2 aromatic rings. The van der Waals surface area contributed by atoms with Crippen LogP contribution >= 0.6 is 0 Å². The lowest BCUT2D eigenvalue weighted by Gasteiger charge is -2.29. The minimum Gasteiger partial charge on any atom is -0.481 e. The number of hydrogen-bond acceptors (Lipinski definition) is 5. The van der Waals surface area contributed by atoms with Gasteiger partial charge in [-0.05, 0) is 29.8 Å². The first-order chi connectivity index (χ1) is 12.0. The summed E-state index contributed by atoms with van der Waals surface area (Å²) in [4.78, 5) is 36.2. The highest BCUT2D eigenvalue weighted by Crippen LogP contribution is 2.31. The van der Waals surface area contributed by atoms with Gasteiger partial charge in [0.25, 0.3) is 0 Å². The first-order valence-electron chi connectivity index (χ1n) is 7.66. The van der Waals surface area contributed by atoms with Crippen molar-refractivity contribution in [3.05, 3.63) is 54.1 Å². The number of esters is 1. The number of carboxylic acids is 1. The largest absolute Gasteiger partial charge is 0.481 e.